The Morgan fingerprint density at radius 3 is 2.58 bits per heavy atom. The minimum Gasteiger partial charge on any atom is -0.456 e. The quantitative estimate of drug-likeness (QED) is 0.381. The van der Waals surface area contributed by atoms with Gasteiger partial charge in [-0.3, -0.25) is 4.79 Å². The molecule has 5 aliphatic carbocycles. The molecule has 31 heavy (non-hydrogen) atoms. The molecule has 0 heterocycles. The van der Waals surface area contributed by atoms with Crippen LogP contribution < -0.4 is 0 Å². The largest absolute Gasteiger partial charge is 0.456 e. The lowest BCUT2D eigenvalue weighted by molar-refractivity contribution is -0.214. The van der Waals surface area contributed by atoms with Crippen molar-refractivity contribution in [2.75, 3.05) is 6.61 Å². The van der Waals surface area contributed by atoms with Gasteiger partial charge in [0, 0.05) is 29.6 Å². The highest BCUT2D eigenvalue weighted by atomic mass is 16.5. The molecule has 0 bridgehead atoms. The van der Waals surface area contributed by atoms with Crippen molar-refractivity contribution >= 4 is 11.8 Å². The lowest BCUT2D eigenvalue weighted by atomic mass is 9.43. The van der Waals surface area contributed by atoms with Gasteiger partial charge >= 0.3 is 5.97 Å². The Balaban J connectivity index is 1.50. The fraction of sp³-hybridized carbons (Fsp3) is 0.846. The smallest absolute Gasteiger partial charge is 0.384 e. The zero-order valence-corrected chi connectivity index (χ0v) is 19.2. The molecule has 5 saturated carbocycles. The summed E-state index contributed by atoms with van der Waals surface area (Å²) in [5, 5.41) is 23.6. The maximum atomic E-state index is 12.3. The van der Waals surface area contributed by atoms with Gasteiger partial charge in [0.1, 0.15) is 11.4 Å². The van der Waals surface area contributed by atoms with Crippen molar-refractivity contribution in [1.29, 1.82) is 0 Å². The van der Waals surface area contributed by atoms with Crippen molar-refractivity contribution < 1.29 is 24.5 Å². The number of fused-ring (bicyclic) bond motifs is 8. The number of aliphatic hydroxyl groups is 2. The second-order valence-corrected chi connectivity index (χ2v) is 11.7. The van der Waals surface area contributed by atoms with Gasteiger partial charge in [0.15, 0.2) is 0 Å². The van der Waals surface area contributed by atoms with E-state index in [1.807, 2.05) is 0 Å². The molecular weight excluding hydrogens is 392 g/mol. The molecule has 0 aromatic rings. The first kappa shape index (κ1) is 21.5. The topological polar surface area (TPSA) is 83.8 Å². The molecule has 0 aliphatic heterocycles. The first-order valence-electron chi connectivity index (χ1n) is 12.2. The summed E-state index contributed by atoms with van der Waals surface area (Å²) in [4.78, 5) is 24.2. The van der Waals surface area contributed by atoms with Crippen molar-refractivity contribution in [2.24, 2.45) is 46.3 Å². The van der Waals surface area contributed by atoms with E-state index in [4.69, 9.17) is 4.74 Å². The summed E-state index contributed by atoms with van der Waals surface area (Å²) in [5.74, 6) is 6.94. The Bertz CT molecular complexity index is 886. The minimum absolute atomic E-state index is 0.0260. The summed E-state index contributed by atoms with van der Waals surface area (Å²) < 4.78 is 4.97. The second kappa shape index (κ2) is 6.58. The molecule has 5 heteroatoms. The zero-order chi connectivity index (χ0) is 22.4. The fourth-order valence-corrected chi connectivity index (χ4v) is 8.92. The Morgan fingerprint density at radius 2 is 1.87 bits per heavy atom. The first-order valence-corrected chi connectivity index (χ1v) is 12.2. The Morgan fingerprint density at radius 1 is 1.13 bits per heavy atom. The van der Waals surface area contributed by atoms with Crippen LogP contribution in [0.2, 0.25) is 0 Å². The SMILES string of the molecule is CCOC(=O)C#C[C@]1(O)C(C)CC2C3C4CC4[C@]4(O)CC(=O)CC[C@]4(C)C3CC[C@@]21C. The third kappa shape index (κ3) is 2.58. The number of Topliss-reactive ketones (excluding diaryl/α,β-unsaturated/α-hetero) is 1. The lowest BCUT2D eigenvalue weighted by Crippen LogP contribution is -2.64. The van der Waals surface area contributed by atoms with Gasteiger partial charge in [0.25, 0.3) is 0 Å². The average molecular weight is 429 g/mol. The summed E-state index contributed by atoms with van der Waals surface area (Å²) in [7, 11) is 0. The zero-order valence-electron chi connectivity index (χ0n) is 19.2. The van der Waals surface area contributed by atoms with E-state index in [9.17, 15) is 19.8 Å². The average Bonchev–Trinajstić information content (AvgIpc) is 3.48. The molecule has 0 spiro atoms. The van der Waals surface area contributed by atoms with Crippen LogP contribution in [0.4, 0.5) is 0 Å². The van der Waals surface area contributed by atoms with E-state index in [1.165, 1.54) is 0 Å². The van der Waals surface area contributed by atoms with Gasteiger partial charge in [-0.1, -0.05) is 26.7 Å². The predicted molar refractivity (Wildman–Crippen MR) is 114 cm³/mol. The molecule has 5 rings (SSSR count). The van der Waals surface area contributed by atoms with Crippen molar-refractivity contribution in [2.45, 2.75) is 83.8 Å². The van der Waals surface area contributed by atoms with Gasteiger partial charge in [-0.15, -0.1) is 0 Å². The number of carbonyl (C=O) groups is 2. The molecule has 10 atom stereocenters. The molecule has 5 nitrogen and oxygen atoms in total. The minimum atomic E-state index is -1.21. The van der Waals surface area contributed by atoms with Crippen LogP contribution in [0.3, 0.4) is 0 Å². The number of ether oxygens (including phenoxy) is 1. The molecule has 5 aliphatic rings. The van der Waals surface area contributed by atoms with E-state index in [0.717, 1.165) is 32.1 Å². The first-order chi connectivity index (χ1) is 14.5. The Kier molecular flexibility index (Phi) is 4.55. The van der Waals surface area contributed by atoms with E-state index in [1.54, 1.807) is 6.92 Å². The molecule has 5 fully saturated rings. The molecule has 170 valence electrons. The van der Waals surface area contributed by atoms with Crippen molar-refractivity contribution in [3.05, 3.63) is 0 Å². The number of rotatable bonds is 1. The van der Waals surface area contributed by atoms with Crippen molar-refractivity contribution in [1.82, 2.24) is 0 Å². The van der Waals surface area contributed by atoms with Gasteiger partial charge in [-0.25, -0.2) is 4.79 Å². The monoisotopic (exact) mass is 428 g/mol. The van der Waals surface area contributed by atoms with E-state index in [-0.39, 0.29) is 35.1 Å². The molecule has 0 amide bonds. The van der Waals surface area contributed by atoms with Crippen LogP contribution in [0.25, 0.3) is 0 Å². The Labute approximate surface area is 185 Å². The van der Waals surface area contributed by atoms with Gasteiger partial charge < -0.3 is 14.9 Å². The number of ketones is 1. The standard InChI is InChI=1S/C26H36O5/c1-5-31-21(28)8-11-25(29)15(2)12-20-22-17-13-19(17)26(30)14-16(27)6-9-23(26,3)18(22)7-10-24(20,25)4/h15,17-20,22,29-30H,5-7,9-10,12-14H2,1-4H3/t15?,17?,18?,19?,20?,22?,23-,24+,25+,26-/m1/s1. The summed E-state index contributed by atoms with van der Waals surface area (Å²) in [6, 6.07) is 0. The van der Waals surface area contributed by atoms with Crippen LogP contribution in [-0.4, -0.2) is 39.8 Å². The van der Waals surface area contributed by atoms with Crippen LogP contribution in [0.15, 0.2) is 0 Å². The van der Waals surface area contributed by atoms with E-state index < -0.39 is 17.2 Å². The van der Waals surface area contributed by atoms with Gasteiger partial charge in [-0.2, -0.15) is 0 Å². The van der Waals surface area contributed by atoms with Crippen molar-refractivity contribution in [3.8, 4) is 11.8 Å². The van der Waals surface area contributed by atoms with Crippen LogP contribution in [0, 0.1) is 58.2 Å². The third-order valence-corrected chi connectivity index (χ3v) is 10.7. The highest BCUT2D eigenvalue weighted by molar-refractivity contribution is 5.88. The molecule has 2 N–H and O–H groups in total. The van der Waals surface area contributed by atoms with E-state index in [0.29, 0.717) is 36.5 Å². The molecule has 0 aromatic heterocycles. The summed E-state index contributed by atoms with van der Waals surface area (Å²) in [5.41, 5.74) is -2.68. The summed E-state index contributed by atoms with van der Waals surface area (Å²) in [6.07, 6.45) is 5.32. The van der Waals surface area contributed by atoms with Crippen LogP contribution >= 0.6 is 0 Å². The molecule has 6 unspecified atom stereocenters. The van der Waals surface area contributed by atoms with Crippen LogP contribution in [0.5, 0.6) is 0 Å². The van der Waals surface area contributed by atoms with Crippen LogP contribution in [0.1, 0.15) is 72.6 Å². The number of carbonyl (C=O) groups excluding carboxylic acids is 2. The number of esters is 1. The number of hydrogen-bond donors (Lipinski definition) is 2. The lowest BCUT2D eigenvalue weighted by Gasteiger charge is -2.63. The van der Waals surface area contributed by atoms with Gasteiger partial charge in [0.2, 0.25) is 0 Å². The summed E-state index contributed by atoms with van der Waals surface area (Å²) >= 11 is 0. The Hall–Kier alpha value is -1.38. The normalized spacial score (nSPS) is 54.5. The predicted octanol–water partition coefficient (Wildman–Crippen LogP) is 3.11. The number of hydrogen-bond acceptors (Lipinski definition) is 5. The molecular formula is C26H36O5. The maximum absolute atomic E-state index is 12.3. The highest BCUT2D eigenvalue weighted by Gasteiger charge is 2.76. The van der Waals surface area contributed by atoms with Gasteiger partial charge in [-0.05, 0) is 74.5 Å². The highest BCUT2D eigenvalue weighted by Crippen LogP contribution is 2.77. The fourth-order valence-electron chi connectivity index (χ4n) is 8.92. The van der Waals surface area contributed by atoms with Gasteiger partial charge in [0.05, 0.1) is 12.2 Å². The molecule has 0 radical (unpaired) electrons. The van der Waals surface area contributed by atoms with Crippen molar-refractivity contribution in [3.63, 3.8) is 0 Å². The second-order valence-electron chi connectivity index (χ2n) is 11.7. The third-order valence-electron chi connectivity index (χ3n) is 10.7. The summed E-state index contributed by atoms with van der Waals surface area (Å²) in [6.45, 7) is 8.49. The maximum Gasteiger partial charge on any atom is 0.384 e. The van der Waals surface area contributed by atoms with Crippen LogP contribution in [-0.2, 0) is 14.3 Å². The van der Waals surface area contributed by atoms with E-state index >= 15 is 0 Å². The molecule has 0 saturated heterocycles. The molecule has 0 aromatic carbocycles. The van der Waals surface area contributed by atoms with E-state index in [2.05, 4.69) is 32.6 Å².